The fourth-order valence-corrected chi connectivity index (χ4v) is 5.61. The van der Waals surface area contributed by atoms with Crippen LogP contribution in [-0.2, 0) is 16.0 Å². The molecule has 5 heteroatoms. The molecule has 4 aliphatic rings. The topological polar surface area (TPSA) is 89.6 Å². The third-order valence-electron chi connectivity index (χ3n) is 6.38. The molecule has 0 radical (unpaired) electrons. The summed E-state index contributed by atoms with van der Waals surface area (Å²) in [6.07, 6.45) is 7.12. The molecule has 25 heavy (non-hydrogen) atoms. The molecule has 0 aromatic heterocycles. The van der Waals surface area contributed by atoms with Gasteiger partial charge in [-0.3, -0.25) is 9.59 Å². The van der Waals surface area contributed by atoms with Crippen LogP contribution in [0.25, 0.3) is 0 Å². The van der Waals surface area contributed by atoms with Gasteiger partial charge in [0.25, 0.3) is 0 Å². The fraction of sp³-hybridized carbons (Fsp3) is 0.600. The normalized spacial score (nSPS) is 33.9. The molecule has 4 fully saturated rings. The lowest BCUT2D eigenvalue weighted by Gasteiger charge is -2.55. The molecule has 0 heterocycles. The van der Waals surface area contributed by atoms with Gasteiger partial charge in [-0.25, -0.2) is 0 Å². The largest absolute Gasteiger partial charge is 0.480 e. The second-order valence-corrected chi connectivity index (χ2v) is 8.38. The minimum Gasteiger partial charge on any atom is -0.480 e. The Morgan fingerprint density at radius 2 is 1.60 bits per heavy atom. The van der Waals surface area contributed by atoms with Crippen LogP contribution < -0.4 is 10.5 Å². The summed E-state index contributed by atoms with van der Waals surface area (Å²) in [4.78, 5) is 23.7. The van der Waals surface area contributed by atoms with Crippen molar-refractivity contribution in [2.24, 2.45) is 28.9 Å². The second kappa shape index (κ2) is 6.13. The molecule has 5 nitrogen and oxygen atoms in total. The number of aliphatic carboxylic acids is 1. The van der Waals surface area contributed by atoms with Crippen LogP contribution in [0.1, 0.15) is 44.1 Å². The van der Waals surface area contributed by atoms with Gasteiger partial charge in [0.2, 0.25) is 0 Å². The molecular formula is C20H25NO4. The molecule has 0 spiro atoms. The smallest absolute Gasteiger partial charge is 0.320 e. The Labute approximate surface area is 147 Å². The molecule has 0 unspecified atom stereocenters. The zero-order chi connectivity index (χ0) is 17.6. The van der Waals surface area contributed by atoms with Gasteiger partial charge in [0.05, 0.1) is 5.41 Å². The van der Waals surface area contributed by atoms with Gasteiger partial charge < -0.3 is 15.6 Å². The number of carboxylic acids is 1. The van der Waals surface area contributed by atoms with Crippen LogP contribution in [-0.4, -0.2) is 23.1 Å². The minimum absolute atomic E-state index is 0.0680. The highest BCUT2D eigenvalue weighted by Crippen LogP contribution is 2.60. The summed E-state index contributed by atoms with van der Waals surface area (Å²) < 4.78 is 5.72. The number of carboxylic acid groups (broad SMARTS) is 1. The molecule has 134 valence electrons. The molecule has 4 bridgehead atoms. The van der Waals surface area contributed by atoms with Crippen molar-refractivity contribution in [1.82, 2.24) is 0 Å². The summed E-state index contributed by atoms with van der Waals surface area (Å²) in [6.45, 7) is 0. The van der Waals surface area contributed by atoms with Crippen molar-refractivity contribution in [3.8, 4) is 5.75 Å². The maximum atomic E-state index is 12.9. The van der Waals surface area contributed by atoms with Gasteiger partial charge in [0, 0.05) is 0 Å². The maximum absolute atomic E-state index is 12.9. The van der Waals surface area contributed by atoms with Crippen LogP contribution in [0.2, 0.25) is 0 Å². The van der Waals surface area contributed by atoms with Crippen molar-refractivity contribution in [1.29, 1.82) is 0 Å². The quantitative estimate of drug-likeness (QED) is 0.634. The Balaban J connectivity index is 1.42. The summed E-state index contributed by atoms with van der Waals surface area (Å²) in [5.74, 6) is 1.57. The molecule has 1 aromatic carbocycles. The molecule has 0 saturated heterocycles. The van der Waals surface area contributed by atoms with E-state index < -0.39 is 12.0 Å². The van der Waals surface area contributed by atoms with Crippen molar-refractivity contribution in [2.75, 3.05) is 0 Å². The number of hydrogen-bond donors (Lipinski definition) is 2. The molecule has 4 aliphatic carbocycles. The molecular weight excluding hydrogens is 318 g/mol. The molecule has 0 aliphatic heterocycles. The maximum Gasteiger partial charge on any atom is 0.320 e. The zero-order valence-electron chi connectivity index (χ0n) is 14.3. The summed E-state index contributed by atoms with van der Waals surface area (Å²) in [7, 11) is 0. The summed E-state index contributed by atoms with van der Waals surface area (Å²) in [5, 5.41) is 8.87. The van der Waals surface area contributed by atoms with E-state index >= 15 is 0 Å². The highest BCUT2D eigenvalue weighted by molar-refractivity contribution is 5.80. The number of nitrogens with two attached hydrogens (primary N) is 1. The van der Waals surface area contributed by atoms with Gasteiger partial charge in [0.15, 0.2) is 0 Å². The van der Waals surface area contributed by atoms with Crippen molar-refractivity contribution in [3.05, 3.63) is 29.8 Å². The van der Waals surface area contributed by atoms with E-state index in [1.165, 1.54) is 19.3 Å². The number of ether oxygens (including phenoxy) is 1. The first-order valence-electron chi connectivity index (χ1n) is 9.23. The van der Waals surface area contributed by atoms with Crippen molar-refractivity contribution in [3.63, 3.8) is 0 Å². The van der Waals surface area contributed by atoms with Gasteiger partial charge >= 0.3 is 11.9 Å². The average Bonchev–Trinajstić information content (AvgIpc) is 2.55. The van der Waals surface area contributed by atoms with Crippen LogP contribution >= 0.6 is 0 Å². The molecule has 1 aromatic rings. The van der Waals surface area contributed by atoms with E-state index in [-0.39, 0.29) is 17.8 Å². The first kappa shape index (κ1) is 16.6. The molecule has 3 N–H and O–H groups in total. The predicted molar refractivity (Wildman–Crippen MR) is 92.0 cm³/mol. The van der Waals surface area contributed by atoms with Crippen LogP contribution in [0.15, 0.2) is 24.3 Å². The van der Waals surface area contributed by atoms with Gasteiger partial charge in [-0.1, -0.05) is 12.1 Å². The van der Waals surface area contributed by atoms with Crippen LogP contribution in [0.5, 0.6) is 5.75 Å². The van der Waals surface area contributed by atoms with Crippen LogP contribution in [0, 0.1) is 23.2 Å². The van der Waals surface area contributed by atoms with Crippen molar-refractivity contribution < 1.29 is 19.4 Å². The van der Waals surface area contributed by atoms with Crippen LogP contribution in [0.4, 0.5) is 0 Å². The molecule has 5 rings (SSSR count). The van der Waals surface area contributed by atoms with Gasteiger partial charge in [-0.05, 0) is 80.4 Å². The Morgan fingerprint density at radius 3 is 2.08 bits per heavy atom. The molecule has 0 amide bonds. The Kier molecular flexibility index (Phi) is 4.07. The number of hydrogen-bond acceptors (Lipinski definition) is 4. The van der Waals surface area contributed by atoms with E-state index in [2.05, 4.69) is 0 Å². The lowest BCUT2D eigenvalue weighted by molar-refractivity contribution is -0.161. The van der Waals surface area contributed by atoms with E-state index in [1.807, 2.05) is 0 Å². The molecule has 4 saturated carbocycles. The summed E-state index contributed by atoms with van der Waals surface area (Å²) in [6, 6.07) is 6.13. The predicted octanol–water partition coefficient (Wildman–Crippen LogP) is 2.76. The Bertz CT molecular complexity index is 646. The monoisotopic (exact) mass is 343 g/mol. The zero-order valence-corrected chi connectivity index (χ0v) is 14.3. The fourth-order valence-electron chi connectivity index (χ4n) is 5.61. The van der Waals surface area contributed by atoms with E-state index in [1.54, 1.807) is 24.3 Å². The van der Waals surface area contributed by atoms with Crippen molar-refractivity contribution >= 4 is 11.9 Å². The SMILES string of the molecule is N[C@@H](Cc1ccc(OC(=O)C23CC4CC(CC(C4)C2)C3)cc1)C(=O)O. The lowest BCUT2D eigenvalue weighted by Crippen LogP contribution is -2.51. The van der Waals surface area contributed by atoms with E-state index in [0.29, 0.717) is 23.5 Å². The third kappa shape index (κ3) is 3.17. The third-order valence-corrected chi connectivity index (χ3v) is 6.38. The Morgan fingerprint density at radius 1 is 1.08 bits per heavy atom. The standard InChI is InChI=1S/C20H25NO4/c21-17(18(22)23)8-12-1-3-16(4-2-12)25-19(24)20-9-13-5-14(10-20)7-15(6-13)11-20/h1-4,13-15,17H,5-11,21H2,(H,22,23)/t13?,14?,15?,17-,20?/m0/s1. The van der Waals surface area contributed by atoms with Gasteiger partial charge in [0.1, 0.15) is 11.8 Å². The number of rotatable bonds is 5. The van der Waals surface area contributed by atoms with Gasteiger partial charge in [-0.2, -0.15) is 0 Å². The number of benzene rings is 1. The first-order valence-corrected chi connectivity index (χ1v) is 9.23. The summed E-state index contributed by atoms with van der Waals surface area (Å²) in [5.41, 5.74) is 6.11. The lowest BCUT2D eigenvalue weighted by atomic mass is 9.49. The minimum atomic E-state index is -1.02. The van der Waals surface area contributed by atoms with E-state index in [4.69, 9.17) is 15.6 Å². The average molecular weight is 343 g/mol. The highest BCUT2D eigenvalue weighted by atomic mass is 16.5. The van der Waals surface area contributed by atoms with Gasteiger partial charge in [-0.15, -0.1) is 0 Å². The van der Waals surface area contributed by atoms with Crippen molar-refractivity contribution in [2.45, 2.75) is 51.0 Å². The Hall–Kier alpha value is -1.88. The number of carbonyl (C=O) groups excluding carboxylic acids is 1. The first-order chi connectivity index (χ1) is 11.9. The van der Waals surface area contributed by atoms with E-state index in [9.17, 15) is 9.59 Å². The van der Waals surface area contributed by atoms with E-state index in [0.717, 1.165) is 24.8 Å². The summed E-state index contributed by atoms with van der Waals surface area (Å²) >= 11 is 0. The van der Waals surface area contributed by atoms with Crippen LogP contribution in [0.3, 0.4) is 0 Å². The molecule has 1 atom stereocenters. The second-order valence-electron chi connectivity index (χ2n) is 8.38. The number of esters is 1. The highest BCUT2D eigenvalue weighted by Gasteiger charge is 2.55. The number of carbonyl (C=O) groups is 2.